The molecule has 3 rings (SSSR count). The van der Waals surface area contributed by atoms with E-state index in [1.165, 1.54) is 27.6 Å². The van der Waals surface area contributed by atoms with E-state index in [2.05, 4.69) is 61.1 Å². The Morgan fingerprint density at radius 1 is 1.12 bits per heavy atom. The van der Waals surface area contributed by atoms with Crippen LogP contribution in [0, 0.1) is 6.92 Å². The van der Waals surface area contributed by atoms with Gasteiger partial charge in [-0.3, -0.25) is 4.98 Å². The van der Waals surface area contributed by atoms with Crippen molar-refractivity contribution < 1.29 is 0 Å². The van der Waals surface area contributed by atoms with Gasteiger partial charge in [0, 0.05) is 17.1 Å². The molecule has 0 bridgehead atoms. The maximum Gasteiger partial charge on any atom is 0.0867 e. The van der Waals surface area contributed by atoms with Crippen LogP contribution in [-0.2, 0) is 6.42 Å². The lowest BCUT2D eigenvalue weighted by Gasteiger charge is -2.07. The van der Waals surface area contributed by atoms with Gasteiger partial charge in [0.25, 0.3) is 0 Å². The number of aromatic nitrogens is 2. The summed E-state index contributed by atoms with van der Waals surface area (Å²) in [6.45, 7) is 7.31. The molecule has 0 saturated heterocycles. The molecular formula is C21H27N3. The molecule has 3 N–H and O–H groups in total. The molecule has 0 amide bonds. The largest absolute Gasteiger partial charge is 0.353 e. The van der Waals surface area contributed by atoms with Crippen molar-refractivity contribution in [1.29, 1.82) is 0 Å². The van der Waals surface area contributed by atoms with Gasteiger partial charge in [-0.25, -0.2) is 0 Å². The fourth-order valence-corrected chi connectivity index (χ4v) is 3.32. The predicted octanol–water partition coefficient (Wildman–Crippen LogP) is 4.94. The van der Waals surface area contributed by atoms with E-state index in [9.17, 15) is 0 Å². The summed E-state index contributed by atoms with van der Waals surface area (Å²) in [4.78, 5) is 8.33. The maximum atomic E-state index is 5.69. The molecule has 0 saturated carbocycles. The van der Waals surface area contributed by atoms with Crippen LogP contribution < -0.4 is 5.73 Å². The average Bonchev–Trinajstić information content (AvgIpc) is 2.94. The zero-order valence-corrected chi connectivity index (χ0v) is 14.9. The SMILES string of the molecule is Cc1ccc(-c2[nH]c3c(C(C)C)cccc3c2CCCCN)nc1. The third kappa shape index (κ3) is 3.22. The number of nitrogens with zero attached hydrogens (tertiary/aromatic N) is 1. The lowest BCUT2D eigenvalue weighted by molar-refractivity contribution is 0.748. The number of pyridine rings is 1. The second kappa shape index (κ2) is 7.18. The molecule has 2 aromatic heterocycles. The molecule has 3 nitrogen and oxygen atoms in total. The van der Waals surface area contributed by atoms with Crippen LogP contribution in [0.1, 0.15) is 49.3 Å². The minimum absolute atomic E-state index is 0.489. The van der Waals surface area contributed by atoms with Gasteiger partial charge in [-0.2, -0.15) is 0 Å². The van der Waals surface area contributed by atoms with E-state index in [4.69, 9.17) is 5.73 Å². The second-order valence-corrected chi connectivity index (χ2v) is 6.87. The van der Waals surface area contributed by atoms with Gasteiger partial charge in [-0.05, 0) is 61.4 Å². The van der Waals surface area contributed by atoms with Crippen molar-refractivity contribution in [3.8, 4) is 11.4 Å². The zero-order chi connectivity index (χ0) is 17.1. The highest BCUT2D eigenvalue weighted by Crippen LogP contribution is 2.34. The highest BCUT2D eigenvalue weighted by atomic mass is 14.8. The number of nitrogens with two attached hydrogens (primary N) is 1. The number of fused-ring (bicyclic) bond motifs is 1. The molecule has 0 aliphatic rings. The van der Waals surface area contributed by atoms with Crippen LogP contribution in [0.4, 0.5) is 0 Å². The first kappa shape index (κ1) is 16.7. The number of nitrogens with one attached hydrogen (secondary N) is 1. The smallest absolute Gasteiger partial charge is 0.0867 e. The Bertz CT molecular complexity index is 813. The molecule has 2 heterocycles. The van der Waals surface area contributed by atoms with Gasteiger partial charge in [0.15, 0.2) is 0 Å². The molecule has 1 aromatic carbocycles. The van der Waals surface area contributed by atoms with Crippen LogP contribution in [0.15, 0.2) is 36.5 Å². The lowest BCUT2D eigenvalue weighted by atomic mass is 9.97. The molecule has 0 aliphatic heterocycles. The summed E-state index contributed by atoms with van der Waals surface area (Å²) in [7, 11) is 0. The molecular weight excluding hydrogens is 294 g/mol. The van der Waals surface area contributed by atoms with E-state index in [0.29, 0.717) is 5.92 Å². The standard InChI is InChI=1S/C21H27N3/c1-14(2)16-8-6-9-17-18(7-4-5-12-22)21(24-20(16)17)19-11-10-15(3)13-23-19/h6,8-11,13-14,24H,4-5,7,12,22H2,1-3H3. The maximum absolute atomic E-state index is 5.69. The molecule has 0 atom stereocenters. The number of rotatable bonds is 6. The lowest BCUT2D eigenvalue weighted by Crippen LogP contribution is -1.99. The summed E-state index contributed by atoms with van der Waals surface area (Å²) in [6.07, 6.45) is 5.13. The van der Waals surface area contributed by atoms with Crippen molar-refractivity contribution in [2.75, 3.05) is 6.54 Å². The summed E-state index contributed by atoms with van der Waals surface area (Å²) < 4.78 is 0. The number of unbranched alkanes of at least 4 members (excludes halogenated alkanes) is 1. The first-order valence-corrected chi connectivity index (χ1v) is 8.88. The third-order valence-electron chi connectivity index (χ3n) is 4.64. The number of aromatic amines is 1. The Balaban J connectivity index is 2.16. The number of hydrogen-bond donors (Lipinski definition) is 2. The Morgan fingerprint density at radius 3 is 2.62 bits per heavy atom. The Morgan fingerprint density at radius 2 is 1.96 bits per heavy atom. The number of para-hydroxylation sites is 1. The van der Waals surface area contributed by atoms with Crippen LogP contribution >= 0.6 is 0 Å². The molecule has 0 fully saturated rings. The summed E-state index contributed by atoms with van der Waals surface area (Å²) in [5.41, 5.74) is 13.1. The summed E-state index contributed by atoms with van der Waals surface area (Å²) in [6, 6.07) is 10.9. The zero-order valence-electron chi connectivity index (χ0n) is 14.9. The van der Waals surface area contributed by atoms with E-state index < -0.39 is 0 Å². The van der Waals surface area contributed by atoms with E-state index in [-0.39, 0.29) is 0 Å². The Hall–Kier alpha value is -2.13. The van der Waals surface area contributed by atoms with Crippen LogP contribution in [0.3, 0.4) is 0 Å². The molecule has 24 heavy (non-hydrogen) atoms. The van der Waals surface area contributed by atoms with E-state index in [0.717, 1.165) is 37.2 Å². The number of H-pyrrole nitrogens is 1. The highest BCUT2D eigenvalue weighted by molar-refractivity contribution is 5.92. The van der Waals surface area contributed by atoms with Gasteiger partial charge in [-0.1, -0.05) is 38.1 Å². The molecule has 0 aliphatic carbocycles. The number of benzene rings is 1. The normalized spacial score (nSPS) is 11.5. The van der Waals surface area contributed by atoms with Gasteiger partial charge < -0.3 is 10.7 Å². The molecule has 3 aromatic rings. The Kier molecular flexibility index (Phi) is 5.00. The van der Waals surface area contributed by atoms with Gasteiger partial charge in [0.2, 0.25) is 0 Å². The van der Waals surface area contributed by atoms with Crippen molar-refractivity contribution in [3.63, 3.8) is 0 Å². The molecule has 126 valence electrons. The minimum Gasteiger partial charge on any atom is -0.353 e. The first-order valence-electron chi connectivity index (χ1n) is 8.88. The highest BCUT2D eigenvalue weighted by Gasteiger charge is 2.16. The van der Waals surface area contributed by atoms with Gasteiger partial charge in [0.05, 0.1) is 11.4 Å². The van der Waals surface area contributed by atoms with Gasteiger partial charge in [0.1, 0.15) is 0 Å². The van der Waals surface area contributed by atoms with E-state index >= 15 is 0 Å². The number of hydrogen-bond acceptors (Lipinski definition) is 2. The molecule has 3 heteroatoms. The Labute approximate surface area is 144 Å². The molecule has 0 spiro atoms. The van der Waals surface area contributed by atoms with Crippen LogP contribution in [0.2, 0.25) is 0 Å². The first-order chi connectivity index (χ1) is 11.6. The van der Waals surface area contributed by atoms with Crippen molar-refractivity contribution in [2.45, 2.75) is 46.0 Å². The topological polar surface area (TPSA) is 54.7 Å². The summed E-state index contributed by atoms with van der Waals surface area (Å²) in [5, 5.41) is 1.33. The van der Waals surface area contributed by atoms with Crippen molar-refractivity contribution in [1.82, 2.24) is 9.97 Å². The monoisotopic (exact) mass is 321 g/mol. The van der Waals surface area contributed by atoms with Gasteiger partial charge in [-0.15, -0.1) is 0 Å². The summed E-state index contributed by atoms with van der Waals surface area (Å²) >= 11 is 0. The number of aryl methyl sites for hydroxylation is 2. The minimum atomic E-state index is 0.489. The van der Waals surface area contributed by atoms with E-state index in [1.54, 1.807) is 0 Å². The third-order valence-corrected chi connectivity index (χ3v) is 4.64. The second-order valence-electron chi connectivity index (χ2n) is 6.87. The van der Waals surface area contributed by atoms with Crippen molar-refractivity contribution in [2.24, 2.45) is 5.73 Å². The average molecular weight is 321 g/mol. The quantitative estimate of drug-likeness (QED) is 0.632. The molecule has 0 unspecified atom stereocenters. The fourth-order valence-electron chi connectivity index (χ4n) is 3.32. The van der Waals surface area contributed by atoms with E-state index in [1.807, 2.05) is 6.20 Å². The van der Waals surface area contributed by atoms with Crippen molar-refractivity contribution >= 4 is 10.9 Å². The van der Waals surface area contributed by atoms with Crippen LogP contribution in [0.25, 0.3) is 22.3 Å². The predicted molar refractivity (Wildman–Crippen MR) is 102 cm³/mol. The fraction of sp³-hybridized carbons (Fsp3) is 0.381. The van der Waals surface area contributed by atoms with Gasteiger partial charge >= 0.3 is 0 Å². The molecule has 0 radical (unpaired) electrons. The summed E-state index contributed by atoms with van der Waals surface area (Å²) in [5.74, 6) is 0.489. The van der Waals surface area contributed by atoms with Crippen LogP contribution in [-0.4, -0.2) is 16.5 Å². The van der Waals surface area contributed by atoms with Crippen molar-refractivity contribution in [3.05, 3.63) is 53.2 Å². The van der Waals surface area contributed by atoms with Crippen LogP contribution in [0.5, 0.6) is 0 Å².